The highest BCUT2D eigenvalue weighted by Gasteiger charge is 2.32. The van der Waals surface area contributed by atoms with Crippen LogP contribution < -0.4 is 9.62 Å². The fourth-order valence-electron chi connectivity index (χ4n) is 3.02. The van der Waals surface area contributed by atoms with Gasteiger partial charge in [-0.3, -0.25) is 9.10 Å². The highest BCUT2D eigenvalue weighted by atomic mass is 32.2. The summed E-state index contributed by atoms with van der Waals surface area (Å²) in [6, 6.07) is 12.8. The first-order chi connectivity index (χ1) is 13.7. The summed E-state index contributed by atoms with van der Waals surface area (Å²) in [5.41, 5.74) is 2.30. The van der Waals surface area contributed by atoms with E-state index in [-0.39, 0.29) is 12.1 Å². The van der Waals surface area contributed by atoms with Gasteiger partial charge in [0, 0.05) is 18.1 Å². The molecule has 8 heteroatoms. The Labute approximate surface area is 176 Å². The predicted octanol–water partition coefficient (Wildman–Crippen LogP) is 3.73. The number of nitrogens with one attached hydrogen (secondary N) is 1. The second-order valence-corrected chi connectivity index (χ2v) is 9.73. The van der Waals surface area contributed by atoms with Gasteiger partial charge in [0.2, 0.25) is 15.9 Å². The number of nitrogens with zero attached hydrogens (tertiary/aromatic N) is 1. The summed E-state index contributed by atoms with van der Waals surface area (Å²) in [6.07, 6.45) is 1.21. The van der Waals surface area contributed by atoms with Gasteiger partial charge >= 0.3 is 0 Å². The van der Waals surface area contributed by atoms with Gasteiger partial charge in [-0.1, -0.05) is 48.9 Å². The summed E-state index contributed by atoms with van der Waals surface area (Å²) in [7, 11) is -3.84. The van der Waals surface area contributed by atoms with Gasteiger partial charge in [-0.15, -0.1) is 0 Å². The van der Waals surface area contributed by atoms with E-state index in [9.17, 15) is 17.6 Å². The SMILES string of the molecule is CC[C@H](C(=O)NCCSCc1cccc(C)c1)N(c1ccccc1F)S(C)(=O)=O. The molecule has 2 aromatic carbocycles. The Morgan fingerprint density at radius 3 is 2.55 bits per heavy atom. The molecule has 0 heterocycles. The number of amides is 1. The number of thioether (sulfide) groups is 1. The van der Waals surface area contributed by atoms with E-state index >= 15 is 0 Å². The fourth-order valence-corrected chi connectivity index (χ4v) is 5.04. The Morgan fingerprint density at radius 2 is 1.93 bits per heavy atom. The molecule has 158 valence electrons. The van der Waals surface area contributed by atoms with Crippen molar-refractivity contribution in [2.45, 2.75) is 32.1 Å². The predicted molar refractivity (Wildman–Crippen MR) is 118 cm³/mol. The van der Waals surface area contributed by atoms with Crippen molar-refractivity contribution in [1.29, 1.82) is 0 Å². The van der Waals surface area contributed by atoms with Crippen molar-refractivity contribution in [1.82, 2.24) is 5.32 Å². The summed E-state index contributed by atoms with van der Waals surface area (Å²) < 4.78 is 39.8. The number of para-hydroxylation sites is 1. The molecule has 0 aliphatic heterocycles. The Balaban J connectivity index is 1.98. The Kier molecular flexibility index (Phi) is 8.52. The number of benzene rings is 2. The lowest BCUT2D eigenvalue weighted by molar-refractivity contribution is -0.122. The third-order valence-corrected chi connectivity index (χ3v) is 6.51. The van der Waals surface area contributed by atoms with Gasteiger partial charge in [0.25, 0.3) is 0 Å². The van der Waals surface area contributed by atoms with Crippen LogP contribution in [0.3, 0.4) is 0 Å². The van der Waals surface area contributed by atoms with Crippen molar-refractivity contribution >= 4 is 33.4 Å². The lowest BCUT2D eigenvalue weighted by Crippen LogP contribution is -2.50. The molecule has 1 amide bonds. The summed E-state index contributed by atoms with van der Waals surface area (Å²) in [5.74, 6) is 0.406. The van der Waals surface area contributed by atoms with Gasteiger partial charge in [0.15, 0.2) is 0 Å². The number of hydrogen-bond acceptors (Lipinski definition) is 4. The Hall–Kier alpha value is -2.06. The van der Waals surface area contributed by atoms with Crippen LogP contribution in [0.1, 0.15) is 24.5 Å². The molecule has 0 radical (unpaired) electrons. The molecular formula is C21H27FN2O3S2. The monoisotopic (exact) mass is 438 g/mol. The highest BCUT2D eigenvalue weighted by Crippen LogP contribution is 2.25. The zero-order valence-corrected chi connectivity index (χ0v) is 18.5. The highest BCUT2D eigenvalue weighted by molar-refractivity contribution is 7.98. The molecule has 1 atom stereocenters. The van der Waals surface area contributed by atoms with Crippen LogP contribution >= 0.6 is 11.8 Å². The minimum atomic E-state index is -3.84. The lowest BCUT2D eigenvalue weighted by Gasteiger charge is -2.30. The molecule has 0 saturated carbocycles. The minimum absolute atomic E-state index is 0.120. The van der Waals surface area contributed by atoms with Crippen molar-refractivity contribution in [2.75, 3.05) is 22.9 Å². The lowest BCUT2D eigenvalue weighted by atomic mass is 10.2. The molecule has 0 unspecified atom stereocenters. The van der Waals surface area contributed by atoms with Crippen LogP contribution in [0, 0.1) is 12.7 Å². The average molecular weight is 439 g/mol. The maximum atomic E-state index is 14.2. The van der Waals surface area contributed by atoms with Gasteiger partial charge in [-0.25, -0.2) is 12.8 Å². The molecule has 2 rings (SSSR count). The van der Waals surface area contributed by atoms with Crippen LogP contribution in [0.2, 0.25) is 0 Å². The summed E-state index contributed by atoms with van der Waals surface area (Å²) >= 11 is 1.68. The molecule has 0 aliphatic rings. The van der Waals surface area contributed by atoms with Crippen LogP contribution in [0.15, 0.2) is 48.5 Å². The van der Waals surface area contributed by atoms with Crippen LogP contribution in [-0.4, -0.2) is 38.9 Å². The van der Waals surface area contributed by atoms with Gasteiger partial charge in [0.1, 0.15) is 11.9 Å². The maximum Gasteiger partial charge on any atom is 0.243 e. The first kappa shape index (κ1) is 23.2. The van der Waals surface area contributed by atoms with Crippen LogP contribution in [0.25, 0.3) is 0 Å². The van der Waals surface area contributed by atoms with Gasteiger partial charge < -0.3 is 5.32 Å². The number of carbonyl (C=O) groups is 1. The second kappa shape index (κ2) is 10.6. The second-order valence-electron chi connectivity index (χ2n) is 6.77. The van der Waals surface area contributed by atoms with Crippen molar-refractivity contribution < 1.29 is 17.6 Å². The molecule has 0 spiro atoms. The minimum Gasteiger partial charge on any atom is -0.353 e. The molecular weight excluding hydrogens is 411 g/mol. The van der Waals surface area contributed by atoms with E-state index < -0.39 is 27.8 Å². The molecule has 2 aromatic rings. The van der Waals surface area contributed by atoms with E-state index in [0.29, 0.717) is 12.3 Å². The average Bonchev–Trinajstić information content (AvgIpc) is 2.65. The number of aryl methyl sites for hydroxylation is 1. The molecule has 0 fully saturated rings. The Morgan fingerprint density at radius 1 is 1.21 bits per heavy atom. The number of rotatable bonds is 10. The van der Waals surface area contributed by atoms with Gasteiger partial charge in [0.05, 0.1) is 11.9 Å². The topological polar surface area (TPSA) is 66.5 Å². The molecule has 0 saturated heterocycles. The van der Waals surface area contributed by atoms with Crippen LogP contribution in [-0.2, 0) is 20.6 Å². The fraction of sp³-hybridized carbons (Fsp3) is 0.381. The molecule has 0 aromatic heterocycles. The normalized spacial score (nSPS) is 12.4. The number of anilines is 1. The largest absolute Gasteiger partial charge is 0.353 e. The molecule has 1 N–H and O–H groups in total. The van der Waals surface area contributed by atoms with Crippen LogP contribution in [0.4, 0.5) is 10.1 Å². The summed E-state index contributed by atoms with van der Waals surface area (Å²) in [5, 5.41) is 2.78. The van der Waals surface area contributed by atoms with E-state index in [2.05, 4.69) is 17.4 Å². The van der Waals surface area contributed by atoms with Crippen LogP contribution in [0.5, 0.6) is 0 Å². The molecule has 0 aliphatic carbocycles. The molecule has 5 nitrogen and oxygen atoms in total. The van der Waals surface area contributed by atoms with E-state index in [1.54, 1.807) is 24.8 Å². The molecule has 29 heavy (non-hydrogen) atoms. The molecule has 0 bridgehead atoms. The smallest absolute Gasteiger partial charge is 0.243 e. The quantitative estimate of drug-likeness (QED) is 0.574. The summed E-state index contributed by atoms with van der Waals surface area (Å²) in [4.78, 5) is 12.7. The maximum absolute atomic E-state index is 14.2. The van der Waals surface area contributed by atoms with E-state index in [0.717, 1.165) is 16.3 Å². The standard InChI is InChI=1S/C21H27FN2O3S2/c1-4-19(24(29(3,26)27)20-11-6-5-10-18(20)22)21(25)23-12-13-28-15-17-9-7-8-16(2)14-17/h5-11,14,19H,4,12-13,15H2,1-3H3,(H,23,25)/t19-/m1/s1. The number of sulfonamides is 1. The first-order valence-electron chi connectivity index (χ1n) is 9.39. The zero-order chi connectivity index (χ0) is 21.4. The first-order valence-corrected chi connectivity index (χ1v) is 12.4. The van der Waals surface area contributed by atoms with E-state index in [4.69, 9.17) is 0 Å². The van der Waals surface area contributed by atoms with Crippen molar-refractivity contribution in [3.63, 3.8) is 0 Å². The third kappa shape index (κ3) is 6.75. The summed E-state index contributed by atoms with van der Waals surface area (Å²) in [6.45, 7) is 4.15. The van der Waals surface area contributed by atoms with Crippen molar-refractivity contribution in [3.05, 3.63) is 65.5 Å². The van der Waals surface area contributed by atoms with Crippen molar-refractivity contribution in [3.8, 4) is 0 Å². The number of hydrogen-bond donors (Lipinski definition) is 1. The van der Waals surface area contributed by atoms with E-state index in [1.807, 2.05) is 19.1 Å². The van der Waals surface area contributed by atoms with Gasteiger partial charge in [-0.05, 0) is 31.0 Å². The van der Waals surface area contributed by atoms with E-state index in [1.165, 1.54) is 29.3 Å². The van der Waals surface area contributed by atoms with Gasteiger partial charge in [-0.2, -0.15) is 11.8 Å². The third-order valence-electron chi connectivity index (χ3n) is 4.32. The van der Waals surface area contributed by atoms with Crippen molar-refractivity contribution in [2.24, 2.45) is 0 Å². The number of carbonyl (C=O) groups excluding carboxylic acids is 1. The zero-order valence-electron chi connectivity index (χ0n) is 16.9. The number of halogens is 1. The Bertz CT molecular complexity index is 935.